The molecule has 0 fully saturated rings. The summed E-state index contributed by atoms with van der Waals surface area (Å²) >= 11 is 0. The molecule has 1 atom stereocenters. The zero-order chi connectivity index (χ0) is 16.7. The Morgan fingerprint density at radius 3 is 2.70 bits per heavy atom. The standard InChI is InChI=1S/C17H21FN4O/c1-3-12(2)22-16-10-15(20-11-21-16)17(23)19-9-8-13-4-6-14(18)7-5-13/h4-7,10-12H,3,8-9H2,1-2H3,(H,19,23)(H,20,21,22). The largest absolute Gasteiger partial charge is 0.368 e. The maximum atomic E-state index is 12.8. The Labute approximate surface area is 135 Å². The summed E-state index contributed by atoms with van der Waals surface area (Å²) in [6.07, 6.45) is 2.97. The molecule has 122 valence electrons. The fourth-order valence-electron chi connectivity index (χ4n) is 1.98. The van der Waals surface area contributed by atoms with E-state index in [0.717, 1.165) is 12.0 Å². The second-order valence-electron chi connectivity index (χ2n) is 5.37. The molecule has 0 saturated carbocycles. The first-order valence-electron chi connectivity index (χ1n) is 7.69. The van der Waals surface area contributed by atoms with Crippen molar-refractivity contribution < 1.29 is 9.18 Å². The van der Waals surface area contributed by atoms with E-state index in [1.165, 1.54) is 18.5 Å². The van der Waals surface area contributed by atoms with Crippen LogP contribution in [0.2, 0.25) is 0 Å². The fourth-order valence-corrected chi connectivity index (χ4v) is 1.98. The second kappa shape index (κ2) is 8.22. The van der Waals surface area contributed by atoms with Gasteiger partial charge in [-0.25, -0.2) is 14.4 Å². The molecule has 0 aliphatic rings. The number of benzene rings is 1. The molecule has 1 heterocycles. The number of rotatable bonds is 7. The Hall–Kier alpha value is -2.50. The van der Waals surface area contributed by atoms with Gasteiger partial charge in [0.1, 0.15) is 23.7 Å². The Morgan fingerprint density at radius 2 is 2.00 bits per heavy atom. The van der Waals surface area contributed by atoms with E-state index in [1.807, 2.05) is 6.92 Å². The van der Waals surface area contributed by atoms with Gasteiger partial charge in [-0.1, -0.05) is 19.1 Å². The van der Waals surface area contributed by atoms with Gasteiger partial charge < -0.3 is 10.6 Å². The normalized spacial score (nSPS) is 11.8. The number of carbonyl (C=O) groups is 1. The summed E-state index contributed by atoms with van der Waals surface area (Å²) in [7, 11) is 0. The van der Waals surface area contributed by atoms with E-state index in [0.29, 0.717) is 24.5 Å². The highest BCUT2D eigenvalue weighted by Gasteiger charge is 2.09. The minimum Gasteiger partial charge on any atom is -0.368 e. The SMILES string of the molecule is CCC(C)Nc1cc(C(=O)NCCc2ccc(F)cc2)ncn1. The summed E-state index contributed by atoms with van der Waals surface area (Å²) in [5, 5.41) is 6.01. The number of aromatic nitrogens is 2. The van der Waals surface area contributed by atoms with Crippen LogP contribution in [0.1, 0.15) is 36.3 Å². The molecule has 0 saturated heterocycles. The molecule has 0 aliphatic heterocycles. The third-order valence-electron chi connectivity index (χ3n) is 3.52. The van der Waals surface area contributed by atoms with E-state index in [9.17, 15) is 9.18 Å². The van der Waals surface area contributed by atoms with E-state index in [4.69, 9.17) is 0 Å². The number of anilines is 1. The van der Waals surface area contributed by atoms with E-state index in [2.05, 4.69) is 27.5 Å². The first kappa shape index (κ1) is 16.9. The van der Waals surface area contributed by atoms with E-state index in [1.54, 1.807) is 18.2 Å². The maximum Gasteiger partial charge on any atom is 0.270 e. The summed E-state index contributed by atoms with van der Waals surface area (Å²) in [6.45, 7) is 4.58. The topological polar surface area (TPSA) is 66.9 Å². The Bertz CT molecular complexity index is 645. The van der Waals surface area contributed by atoms with Gasteiger partial charge in [0.05, 0.1) is 0 Å². The third kappa shape index (κ3) is 5.32. The van der Waals surface area contributed by atoms with Gasteiger partial charge in [-0.3, -0.25) is 4.79 Å². The van der Waals surface area contributed by atoms with Gasteiger partial charge in [-0.2, -0.15) is 0 Å². The number of nitrogens with one attached hydrogen (secondary N) is 2. The lowest BCUT2D eigenvalue weighted by Gasteiger charge is -2.12. The highest BCUT2D eigenvalue weighted by Crippen LogP contribution is 2.07. The molecule has 2 aromatic rings. The molecular formula is C17H21FN4O. The lowest BCUT2D eigenvalue weighted by Crippen LogP contribution is -2.27. The van der Waals surface area contributed by atoms with Crippen molar-refractivity contribution in [2.75, 3.05) is 11.9 Å². The van der Waals surface area contributed by atoms with Crippen LogP contribution < -0.4 is 10.6 Å². The predicted octanol–water partition coefficient (Wildman–Crippen LogP) is 2.80. The van der Waals surface area contributed by atoms with Crippen LogP contribution in [0.15, 0.2) is 36.7 Å². The average Bonchev–Trinajstić information content (AvgIpc) is 2.56. The molecule has 0 bridgehead atoms. The molecule has 2 N–H and O–H groups in total. The number of nitrogens with zero attached hydrogens (tertiary/aromatic N) is 2. The summed E-state index contributed by atoms with van der Waals surface area (Å²) in [5.74, 6) is 0.125. The van der Waals surface area contributed by atoms with Crippen LogP contribution in [0.4, 0.5) is 10.2 Å². The molecule has 0 aliphatic carbocycles. The molecule has 1 aromatic carbocycles. The Kier molecular flexibility index (Phi) is 6.02. The molecule has 1 aromatic heterocycles. The van der Waals surface area contributed by atoms with Gasteiger partial charge in [0.2, 0.25) is 0 Å². The molecule has 6 heteroatoms. The minimum absolute atomic E-state index is 0.248. The molecule has 1 unspecified atom stereocenters. The summed E-state index contributed by atoms with van der Waals surface area (Å²) < 4.78 is 12.8. The lowest BCUT2D eigenvalue weighted by molar-refractivity contribution is 0.0949. The molecular weight excluding hydrogens is 295 g/mol. The van der Waals surface area contributed by atoms with Gasteiger partial charge in [-0.05, 0) is 37.5 Å². The number of halogens is 1. The van der Waals surface area contributed by atoms with Gasteiger partial charge in [-0.15, -0.1) is 0 Å². The van der Waals surface area contributed by atoms with Crippen molar-refractivity contribution in [1.82, 2.24) is 15.3 Å². The van der Waals surface area contributed by atoms with Crippen molar-refractivity contribution in [3.05, 3.63) is 53.7 Å². The second-order valence-corrected chi connectivity index (χ2v) is 5.37. The van der Waals surface area contributed by atoms with Crippen LogP contribution in [0.3, 0.4) is 0 Å². The minimum atomic E-state index is -0.264. The third-order valence-corrected chi connectivity index (χ3v) is 3.52. The van der Waals surface area contributed by atoms with E-state index < -0.39 is 0 Å². The zero-order valence-corrected chi connectivity index (χ0v) is 13.3. The van der Waals surface area contributed by atoms with Crippen molar-refractivity contribution in [2.24, 2.45) is 0 Å². The molecule has 5 nitrogen and oxygen atoms in total. The molecule has 1 amide bonds. The molecule has 23 heavy (non-hydrogen) atoms. The van der Waals surface area contributed by atoms with Gasteiger partial charge in [0.15, 0.2) is 0 Å². The smallest absolute Gasteiger partial charge is 0.270 e. The number of hydrogen-bond donors (Lipinski definition) is 2. The van der Waals surface area contributed by atoms with Gasteiger partial charge in [0.25, 0.3) is 5.91 Å². The highest BCUT2D eigenvalue weighted by atomic mass is 19.1. The fraction of sp³-hybridized carbons (Fsp3) is 0.353. The monoisotopic (exact) mass is 316 g/mol. The zero-order valence-electron chi connectivity index (χ0n) is 13.3. The lowest BCUT2D eigenvalue weighted by atomic mass is 10.1. The van der Waals surface area contributed by atoms with Crippen LogP contribution in [-0.2, 0) is 6.42 Å². The van der Waals surface area contributed by atoms with E-state index >= 15 is 0 Å². The number of hydrogen-bond acceptors (Lipinski definition) is 4. The first-order valence-corrected chi connectivity index (χ1v) is 7.69. The summed E-state index contributed by atoms with van der Waals surface area (Å²) in [4.78, 5) is 20.2. The molecule has 0 radical (unpaired) electrons. The van der Waals surface area contributed by atoms with Gasteiger partial charge >= 0.3 is 0 Å². The van der Waals surface area contributed by atoms with Crippen LogP contribution in [0.5, 0.6) is 0 Å². The summed E-state index contributed by atoms with van der Waals surface area (Å²) in [6, 6.07) is 8.15. The first-order chi connectivity index (χ1) is 11.1. The Morgan fingerprint density at radius 1 is 1.26 bits per heavy atom. The number of amides is 1. The maximum absolute atomic E-state index is 12.8. The van der Waals surface area contributed by atoms with Crippen LogP contribution in [0, 0.1) is 5.82 Å². The average molecular weight is 316 g/mol. The van der Waals surface area contributed by atoms with Crippen LogP contribution >= 0.6 is 0 Å². The van der Waals surface area contributed by atoms with Crippen LogP contribution in [-0.4, -0.2) is 28.5 Å². The number of carbonyl (C=O) groups excluding carboxylic acids is 1. The van der Waals surface area contributed by atoms with Crippen molar-refractivity contribution in [3.63, 3.8) is 0 Å². The predicted molar refractivity (Wildman–Crippen MR) is 87.8 cm³/mol. The van der Waals surface area contributed by atoms with E-state index in [-0.39, 0.29) is 17.8 Å². The van der Waals surface area contributed by atoms with Crippen molar-refractivity contribution >= 4 is 11.7 Å². The quantitative estimate of drug-likeness (QED) is 0.824. The highest BCUT2D eigenvalue weighted by molar-refractivity contribution is 5.92. The van der Waals surface area contributed by atoms with Crippen LogP contribution in [0.25, 0.3) is 0 Å². The summed E-state index contributed by atoms with van der Waals surface area (Å²) in [5.41, 5.74) is 1.29. The van der Waals surface area contributed by atoms with Crippen molar-refractivity contribution in [2.45, 2.75) is 32.7 Å². The Balaban J connectivity index is 1.87. The molecule has 0 spiro atoms. The van der Waals surface area contributed by atoms with Gasteiger partial charge in [0, 0.05) is 18.7 Å². The van der Waals surface area contributed by atoms with Crippen molar-refractivity contribution in [3.8, 4) is 0 Å². The van der Waals surface area contributed by atoms with Crippen molar-refractivity contribution in [1.29, 1.82) is 0 Å². The molecule has 2 rings (SSSR count).